The molecule has 1 aliphatic heterocycles. The molecule has 0 atom stereocenters. The summed E-state index contributed by atoms with van der Waals surface area (Å²) in [7, 11) is 0. The van der Waals surface area contributed by atoms with Crippen LogP contribution in [0, 0.1) is 0 Å². The molecule has 0 radical (unpaired) electrons. The third-order valence-electron chi connectivity index (χ3n) is 3.48. The number of hydrogen-bond donors (Lipinski definition) is 0. The monoisotopic (exact) mass is 315 g/mol. The minimum atomic E-state index is -0.480. The van der Waals surface area contributed by atoms with Gasteiger partial charge in [-0.25, -0.2) is 14.8 Å². The molecule has 0 spiro atoms. The molecular weight excluding hydrogens is 294 g/mol. The molecule has 1 amide bonds. The van der Waals surface area contributed by atoms with E-state index in [9.17, 15) is 4.79 Å². The van der Waals surface area contributed by atoms with E-state index in [1.54, 1.807) is 23.4 Å². The summed E-state index contributed by atoms with van der Waals surface area (Å²) in [5, 5.41) is 4.57. The Labute approximate surface area is 135 Å². The number of rotatable bonds is 2. The molecule has 0 fully saturated rings. The lowest BCUT2D eigenvalue weighted by atomic mass is 10.1. The van der Waals surface area contributed by atoms with Gasteiger partial charge in [-0.1, -0.05) is 0 Å². The molecule has 0 saturated carbocycles. The molecule has 7 heteroatoms. The lowest BCUT2D eigenvalue weighted by Crippen LogP contribution is -2.39. The van der Waals surface area contributed by atoms with E-state index in [0.29, 0.717) is 19.6 Å². The molecule has 0 N–H and O–H groups in total. The minimum Gasteiger partial charge on any atom is -0.444 e. The van der Waals surface area contributed by atoms with Crippen LogP contribution >= 0.6 is 0 Å². The smallest absolute Gasteiger partial charge is 0.410 e. The van der Waals surface area contributed by atoms with Crippen LogP contribution in [0.25, 0.3) is 0 Å². The Balaban J connectivity index is 1.68. The van der Waals surface area contributed by atoms with Crippen molar-refractivity contribution in [3.05, 3.63) is 41.7 Å². The molecule has 7 nitrogen and oxygen atoms in total. The van der Waals surface area contributed by atoms with Gasteiger partial charge in [0, 0.05) is 37.1 Å². The van der Waals surface area contributed by atoms with Crippen LogP contribution in [-0.4, -0.2) is 42.9 Å². The van der Waals surface area contributed by atoms with E-state index in [0.717, 1.165) is 23.5 Å². The third-order valence-corrected chi connectivity index (χ3v) is 3.48. The Morgan fingerprint density at radius 1 is 1.30 bits per heavy atom. The summed E-state index contributed by atoms with van der Waals surface area (Å²) in [4.78, 5) is 22.3. The standard InChI is InChI=1S/C16H21N5O2/c1-16(2,3)23-15(22)20-8-5-13-12(9-20)10-21(19-13)11-14-17-6-4-7-18-14/h4,6-7,10H,5,8-9,11H2,1-3H3. The maximum absolute atomic E-state index is 12.2. The lowest BCUT2D eigenvalue weighted by molar-refractivity contribution is 0.0223. The number of fused-ring (bicyclic) bond motifs is 1. The number of carbonyl (C=O) groups is 1. The number of amides is 1. The minimum absolute atomic E-state index is 0.276. The number of carbonyl (C=O) groups excluding carboxylic acids is 1. The fraction of sp³-hybridized carbons (Fsp3) is 0.500. The van der Waals surface area contributed by atoms with Gasteiger partial charge in [-0.15, -0.1) is 0 Å². The Hall–Kier alpha value is -2.44. The summed E-state index contributed by atoms with van der Waals surface area (Å²) in [5.41, 5.74) is 1.60. The van der Waals surface area contributed by atoms with E-state index in [4.69, 9.17) is 4.74 Å². The van der Waals surface area contributed by atoms with Crippen LogP contribution in [0.1, 0.15) is 37.9 Å². The quantitative estimate of drug-likeness (QED) is 0.847. The Morgan fingerprint density at radius 2 is 2.04 bits per heavy atom. The van der Waals surface area contributed by atoms with Crippen LogP contribution in [0.3, 0.4) is 0 Å². The van der Waals surface area contributed by atoms with Crippen molar-refractivity contribution < 1.29 is 9.53 Å². The van der Waals surface area contributed by atoms with Crippen molar-refractivity contribution in [2.24, 2.45) is 0 Å². The van der Waals surface area contributed by atoms with Crippen LogP contribution in [0.4, 0.5) is 4.79 Å². The van der Waals surface area contributed by atoms with E-state index in [-0.39, 0.29) is 6.09 Å². The third kappa shape index (κ3) is 3.85. The summed E-state index contributed by atoms with van der Waals surface area (Å²) in [6.07, 6.45) is 5.85. The van der Waals surface area contributed by atoms with Crippen molar-refractivity contribution in [2.45, 2.75) is 45.9 Å². The summed E-state index contributed by atoms with van der Waals surface area (Å²) in [6, 6.07) is 1.79. The van der Waals surface area contributed by atoms with Crippen LogP contribution in [0.5, 0.6) is 0 Å². The van der Waals surface area contributed by atoms with Gasteiger partial charge in [-0.3, -0.25) is 4.68 Å². The van der Waals surface area contributed by atoms with Gasteiger partial charge in [0.15, 0.2) is 0 Å². The first-order chi connectivity index (χ1) is 10.9. The molecule has 3 heterocycles. The Kier molecular flexibility index (Phi) is 4.02. The molecular formula is C16H21N5O2. The maximum Gasteiger partial charge on any atom is 0.410 e. The highest BCUT2D eigenvalue weighted by Gasteiger charge is 2.27. The topological polar surface area (TPSA) is 73.1 Å². The fourth-order valence-corrected chi connectivity index (χ4v) is 2.49. The predicted molar refractivity (Wildman–Crippen MR) is 83.7 cm³/mol. The number of nitrogens with zero attached hydrogens (tertiary/aromatic N) is 5. The first-order valence-electron chi connectivity index (χ1n) is 7.70. The van der Waals surface area contributed by atoms with Crippen LogP contribution < -0.4 is 0 Å². The van der Waals surface area contributed by atoms with Gasteiger partial charge in [-0.2, -0.15) is 5.10 Å². The van der Waals surface area contributed by atoms with Crippen molar-refractivity contribution in [1.82, 2.24) is 24.6 Å². The lowest BCUT2D eigenvalue weighted by Gasteiger charge is -2.29. The van der Waals surface area contributed by atoms with E-state index in [1.165, 1.54) is 0 Å². The molecule has 0 saturated heterocycles. The fourth-order valence-electron chi connectivity index (χ4n) is 2.49. The van der Waals surface area contributed by atoms with Gasteiger partial charge < -0.3 is 9.64 Å². The van der Waals surface area contributed by atoms with Crippen molar-refractivity contribution >= 4 is 6.09 Å². The van der Waals surface area contributed by atoms with Crippen LogP contribution in [-0.2, 0) is 24.2 Å². The van der Waals surface area contributed by atoms with Gasteiger partial charge >= 0.3 is 6.09 Å². The molecule has 0 unspecified atom stereocenters. The second kappa shape index (κ2) is 5.98. The van der Waals surface area contributed by atoms with Gasteiger partial charge in [0.2, 0.25) is 0 Å². The molecule has 0 aliphatic carbocycles. The van der Waals surface area contributed by atoms with Crippen molar-refractivity contribution in [2.75, 3.05) is 6.54 Å². The second-order valence-corrected chi connectivity index (χ2v) is 6.62. The summed E-state index contributed by atoms with van der Waals surface area (Å²) in [6.45, 7) is 7.30. The molecule has 0 aromatic carbocycles. The first-order valence-corrected chi connectivity index (χ1v) is 7.70. The van der Waals surface area contributed by atoms with Crippen molar-refractivity contribution in [3.63, 3.8) is 0 Å². The molecule has 3 rings (SSSR count). The molecule has 2 aromatic rings. The van der Waals surface area contributed by atoms with Crippen molar-refractivity contribution in [1.29, 1.82) is 0 Å². The maximum atomic E-state index is 12.2. The van der Waals surface area contributed by atoms with E-state index < -0.39 is 5.60 Å². The SMILES string of the molecule is CC(C)(C)OC(=O)N1CCc2nn(Cc3ncccn3)cc2C1. The number of hydrogen-bond acceptors (Lipinski definition) is 5. The van der Waals surface area contributed by atoms with Crippen LogP contribution in [0.15, 0.2) is 24.7 Å². The number of ether oxygens (including phenoxy) is 1. The Morgan fingerprint density at radius 3 is 2.74 bits per heavy atom. The Bertz CT molecular complexity index is 690. The largest absolute Gasteiger partial charge is 0.444 e. The zero-order chi connectivity index (χ0) is 16.4. The normalized spacial score (nSPS) is 14.5. The molecule has 1 aliphatic rings. The highest BCUT2D eigenvalue weighted by atomic mass is 16.6. The summed E-state index contributed by atoms with van der Waals surface area (Å²) < 4.78 is 7.27. The van der Waals surface area contributed by atoms with Gasteiger partial charge in [0.25, 0.3) is 0 Å². The first kappa shape index (κ1) is 15.5. The average molecular weight is 315 g/mol. The molecule has 23 heavy (non-hydrogen) atoms. The van der Waals surface area contributed by atoms with Crippen molar-refractivity contribution in [3.8, 4) is 0 Å². The zero-order valence-corrected chi connectivity index (χ0v) is 13.7. The number of aromatic nitrogens is 4. The average Bonchev–Trinajstić information content (AvgIpc) is 2.87. The summed E-state index contributed by atoms with van der Waals surface area (Å²) in [5.74, 6) is 0.719. The van der Waals surface area contributed by atoms with E-state index in [2.05, 4.69) is 15.1 Å². The highest BCUT2D eigenvalue weighted by molar-refractivity contribution is 5.68. The molecule has 122 valence electrons. The summed E-state index contributed by atoms with van der Waals surface area (Å²) >= 11 is 0. The zero-order valence-electron chi connectivity index (χ0n) is 13.7. The molecule has 2 aromatic heterocycles. The molecule has 0 bridgehead atoms. The second-order valence-electron chi connectivity index (χ2n) is 6.62. The van der Waals surface area contributed by atoms with Gasteiger partial charge in [0.1, 0.15) is 18.0 Å². The van der Waals surface area contributed by atoms with E-state index >= 15 is 0 Å². The van der Waals surface area contributed by atoms with Gasteiger partial charge in [0.05, 0.1) is 12.2 Å². The predicted octanol–water partition coefficient (Wildman–Crippen LogP) is 2.01. The van der Waals surface area contributed by atoms with E-state index in [1.807, 2.05) is 31.6 Å². The van der Waals surface area contributed by atoms with Crippen LogP contribution in [0.2, 0.25) is 0 Å². The van der Waals surface area contributed by atoms with Gasteiger partial charge in [-0.05, 0) is 26.8 Å². The highest BCUT2D eigenvalue weighted by Crippen LogP contribution is 2.20.